The number of carbonyl (C=O) groups is 1. The van der Waals surface area contributed by atoms with Crippen LogP contribution in [0.2, 0.25) is 0 Å². The summed E-state index contributed by atoms with van der Waals surface area (Å²) in [6, 6.07) is 1.05. The molecule has 3 rings (SSSR count). The van der Waals surface area contributed by atoms with Crippen LogP contribution in [0.1, 0.15) is 44.0 Å². The summed E-state index contributed by atoms with van der Waals surface area (Å²) in [5.41, 5.74) is 0. The lowest BCUT2D eigenvalue weighted by molar-refractivity contribution is -0.133. The zero-order chi connectivity index (χ0) is 14.7. The molecule has 0 unspecified atom stereocenters. The second-order valence-corrected chi connectivity index (χ2v) is 7.04. The molecule has 0 radical (unpaired) electrons. The van der Waals surface area contributed by atoms with Crippen molar-refractivity contribution < 1.29 is 4.79 Å². The minimum atomic E-state index is 0.329. The van der Waals surface area contributed by atoms with Crippen LogP contribution >= 0.6 is 11.3 Å². The van der Waals surface area contributed by atoms with E-state index in [2.05, 4.69) is 21.7 Å². The number of hydrogen-bond donors (Lipinski definition) is 0. The van der Waals surface area contributed by atoms with Crippen molar-refractivity contribution >= 4 is 17.2 Å². The minimum absolute atomic E-state index is 0.329. The van der Waals surface area contributed by atoms with Crippen LogP contribution in [0, 0.1) is 0 Å². The Morgan fingerprint density at radius 1 is 1.33 bits per heavy atom. The first-order valence-corrected chi connectivity index (χ1v) is 9.09. The van der Waals surface area contributed by atoms with Crippen molar-refractivity contribution in [3.8, 4) is 0 Å². The van der Waals surface area contributed by atoms with Gasteiger partial charge in [0.1, 0.15) is 0 Å². The number of carbonyl (C=O) groups excluding carboxylic acids is 1. The van der Waals surface area contributed by atoms with Gasteiger partial charge in [-0.3, -0.25) is 9.69 Å². The summed E-state index contributed by atoms with van der Waals surface area (Å²) in [7, 11) is 0. The summed E-state index contributed by atoms with van der Waals surface area (Å²) >= 11 is 1.65. The highest BCUT2D eigenvalue weighted by atomic mass is 32.1. The van der Waals surface area contributed by atoms with Crippen LogP contribution in [-0.4, -0.2) is 52.4 Å². The van der Waals surface area contributed by atoms with Gasteiger partial charge in [-0.1, -0.05) is 6.92 Å². The predicted molar refractivity (Wildman–Crippen MR) is 85.4 cm³/mol. The second-order valence-electron chi connectivity index (χ2n) is 6.06. The fraction of sp³-hybridized carbons (Fsp3) is 0.750. The van der Waals surface area contributed by atoms with E-state index in [0.29, 0.717) is 24.4 Å². The van der Waals surface area contributed by atoms with Crippen molar-refractivity contribution in [1.29, 1.82) is 0 Å². The summed E-state index contributed by atoms with van der Waals surface area (Å²) in [5.74, 6) is 0.329. The van der Waals surface area contributed by atoms with E-state index in [1.54, 1.807) is 11.3 Å². The molecule has 2 aliphatic rings. The number of likely N-dealkylation sites (tertiary alicyclic amines) is 2. The fourth-order valence-corrected chi connectivity index (χ4v) is 4.54. The Kier molecular flexibility index (Phi) is 4.91. The van der Waals surface area contributed by atoms with Crippen molar-refractivity contribution in [3.63, 3.8) is 0 Å². The Balaban J connectivity index is 1.59. The topological polar surface area (TPSA) is 36.4 Å². The normalized spacial score (nSPS) is 26.6. The van der Waals surface area contributed by atoms with Crippen molar-refractivity contribution in [2.75, 3.05) is 19.6 Å². The van der Waals surface area contributed by atoms with Crippen molar-refractivity contribution in [2.24, 2.45) is 0 Å². The molecule has 2 fully saturated rings. The number of thiazole rings is 1. The smallest absolute Gasteiger partial charge is 0.223 e. The van der Waals surface area contributed by atoms with Gasteiger partial charge in [0.25, 0.3) is 0 Å². The number of likely N-dealkylation sites (N-methyl/N-ethyl adjacent to an activating group) is 1. The van der Waals surface area contributed by atoms with Crippen LogP contribution in [-0.2, 0) is 11.2 Å². The van der Waals surface area contributed by atoms with Gasteiger partial charge in [0, 0.05) is 43.0 Å². The maximum absolute atomic E-state index is 12.6. The molecule has 0 N–H and O–H groups in total. The summed E-state index contributed by atoms with van der Waals surface area (Å²) in [6.45, 7) is 5.51. The van der Waals surface area contributed by atoms with Crippen LogP contribution in [0.3, 0.4) is 0 Å². The number of nitrogens with zero attached hydrogens (tertiary/aromatic N) is 3. The van der Waals surface area contributed by atoms with Gasteiger partial charge in [-0.15, -0.1) is 11.3 Å². The lowest BCUT2D eigenvalue weighted by Crippen LogP contribution is -2.48. The molecule has 0 bridgehead atoms. The van der Waals surface area contributed by atoms with E-state index in [9.17, 15) is 4.79 Å². The molecule has 2 atom stereocenters. The first-order chi connectivity index (χ1) is 10.3. The Morgan fingerprint density at radius 2 is 2.14 bits per heavy atom. The van der Waals surface area contributed by atoms with Crippen LogP contribution in [0.25, 0.3) is 0 Å². The average molecular weight is 307 g/mol. The van der Waals surface area contributed by atoms with Crippen LogP contribution in [0.5, 0.6) is 0 Å². The molecule has 1 aromatic heterocycles. The van der Waals surface area contributed by atoms with E-state index in [4.69, 9.17) is 0 Å². The van der Waals surface area contributed by atoms with Crippen molar-refractivity contribution in [2.45, 2.75) is 57.5 Å². The summed E-state index contributed by atoms with van der Waals surface area (Å²) in [4.78, 5) is 21.6. The third-order valence-corrected chi connectivity index (χ3v) is 5.76. The Labute approximate surface area is 131 Å². The Hall–Kier alpha value is -0.940. The number of hydrogen-bond acceptors (Lipinski definition) is 4. The van der Waals surface area contributed by atoms with Gasteiger partial charge in [-0.05, 0) is 38.8 Å². The first-order valence-electron chi connectivity index (χ1n) is 8.21. The zero-order valence-electron chi connectivity index (χ0n) is 12.8. The maximum atomic E-state index is 12.6. The van der Waals surface area contributed by atoms with Crippen LogP contribution in [0.15, 0.2) is 11.6 Å². The monoisotopic (exact) mass is 307 g/mol. The molecule has 3 heterocycles. The van der Waals surface area contributed by atoms with Gasteiger partial charge in [0.05, 0.1) is 5.01 Å². The standard InChI is InChI=1S/C16H25N3OS/c1-2-18-10-3-5-13(18)14-6-4-11-19(14)16(20)8-7-15-17-9-12-21-15/h9,12-14H,2-8,10-11H2,1H3/t13-,14+/m0/s1. The molecule has 1 amide bonds. The molecule has 0 spiro atoms. The van der Waals surface area contributed by atoms with Gasteiger partial charge in [0.2, 0.25) is 5.91 Å². The quantitative estimate of drug-likeness (QED) is 0.839. The largest absolute Gasteiger partial charge is 0.338 e. The fourth-order valence-electron chi connectivity index (χ4n) is 3.92. The van der Waals surface area contributed by atoms with E-state index in [-0.39, 0.29) is 0 Å². The predicted octanol–water partition coefficient (Wildman–Crippen LogP) is 2.55. The molecule has 1 aromatic rings. The molecule has 2 aliphatic heterocycles. The lowest BCUT2D eigenvalue weighted by atomic mass is 10.0. The molecular formula is C16H25N3OS. The maximum Gasteiger partial charge on any atom is 0.223 e. The highest BCUT2D eigenvalue weighted by Gasteiger charge is 2.38. The van der Waals surface area contributed by atoms with Gasteiger partial charge < -0.3 is 4.90 Å². The molecule has 4 nitrogen and oxygen atoms in total. The van der Waals surface area contributed by atoms with E-state index < -0.39 is 0 Å². The number of aryl methyl sites for hydroxylation is 1. The number of rotatable bonds is 5. The van der Waals surface area contributed by atoms with E-state index in [0.717, 1.165) is 24.5 Å². The Morgan fingerprint density at radius 3 is 2.90 bits per heavy atom. The second kappa shape index (κ2) is 6.88. The minimum Gasteiger partial charge on any atom is -0.338 e. The lowest BCUT2D eigenvalue weighted by Gasteiger charge is -2.34. The first kappa shape index (κ1) is 15.0. The molecule has 21 heavy (non-hydrogen) atoms. The summed E-state index contributed by atoms with van der Waals surface area (Å²) in [5, 5.41) is 3.06. The molecule has 0 aromatic carbocycles. The van der Waals surface area contributed by atoms with E-state index in [1.807, 2.05) is 11.6 Å². The van der Waals surface area contributed by atoms with Crippen molar-refractivity contribution in [1.82, 2.24) is 14.8 Å². The number of aromatic nitrogens is 1. The SMILES string of the molecule is CCN1CCC[C@H]1[C@H]1CCCN1C(=O)CCc1nccs1. The van der Waals surface area contributed by atoms with Gasteiger partial charge in [0.15, 0.2) is 0 Å². The van der Waals surface area contributed by atoms with Crippen LogP contribution in [0.4, 0.5) is 0 Å². The Bertz CT molecular complexity index is 462. The van der Waals surface area contributed by atoms with Crippen LogP contribution < -0.4 is 0 Å². The van der Waals surface area contributed by atoms with Crippen molar-refractivity contribution in [3.05, 3.63) is 16.6 Å². The molecule has 2 saturated heterocycles. The van der Waals surface area contributed by atoms with Gasteiger partial charge >= 0.3 is 0 Å². The molecule has 0 aliphatic carbocycles. The molecule has 116 valence electrons. The summed E-state index contributed by atoms with van der Waals surface area (Å²) < 4.78 is 0. The third kappa shape index (κ3) is 3.29. The highest BCUT2D eigenvalue weighted by Crippen LogP contribution is 2.30. The molecule has 5 heteroatoms. The average Bonchev–Trinajstić information content (AvgIpc) is 3.23. The van der Waals surface area contributed by atoms with E-state index in [1.165, 1.54) is 32.2 Å². The molecule has 0 saturated carbocycles. The van der Waals surface area contributed by atoms with Gasteiger partial charge in [-0.2, -0.15) is 0 Å². The molecular weight excluding hydrogens is 282 g/mol. The number of amides is 1. The summed E-state index contributed by atoms with van der Waals surface area (Å²) in [6.07, 6.45) is 8.13. The zero-order valence-corrected chi connectivity index (χ0v) is 13.6. The highest BCUT2D eigenvalue weighted by molar-refractivity contribution is 7.09. The van der Waals surface area contributed by atoms with Gasteiger partial charge in [-0.25, -0.2) is 4.98 Å². The third-order valence-electron chi connectivity index (χ3n) is 4.92. The van der Waals surface area contributed by atoms with E-state index >= 15 is 0 Å².